The van der Waals surface area contributed by atoms with Gasteiger partial charge in [0.25, 0.3) is 0 Å². The summed E-state index contributed by atoms with van der Waals surface area (Å²) >= 11 is 0. The van der Waals surface area contributed by atoms with E-state index in [2.05, 4.69) is 0 Å². The van der Waals surface area contributed by atoms with Crippen molar-refractivity contribution in [2.45, 2.75) is 32.1 Å². The molecule has 0 heterocycles. The van der Waals surface area contributed by atoms with Gasteiger partial charge in [-0.05, 0) is 25.7 Å². The van der Waals surface area contributed by atoms with Crippen LogP contribution in [0.25, 0.3) is 0 Å². The van der Waals surface area contributed by atoms with Crippen molar-refractivity contribution in [2.75, 3.05) is 6.67 Å². The number of hydrogen-bond acceptors (Lipinski definition) is 1. The number of hydrogen-bond donors (Lipinski definition) is 0. The largest absolute Gasteiger partial charge is 0.299 e. The van der Waals surface area contributed by atoms with Crippen LogP contribution in [0.4, 0.5) is 4.39 Å². The van der Waals surface area contributed by atoms with Crippen molar-refractivity contribution in [1.82, 2.24) is 0 Å². The van der Waals surface area contributed by atoms with E-state index in [-0.39, 0.29) is 12.6 Å². The minimum atomic E-state index is -0.274. The summed E-state index contributed by atoms with van der Waals surface area (Å²) in [5.74, 6) is 0.559. The lowest BCUT2D eigenvalue weighted by atomic mass is 10.0. The third-order valence-corrected chi connectivity index (χ3v) is 2.12. The number of ketones is 1. The summed E-state index contributed by atoms with van der Waals surface area (Å²) in [6.45, 7) is -0.274. The smallest absolute Gasteiger partial charge is 0.135 e. The van der Waals surface area contributed by atoms with Crippen LogP contribution in [0, 0.1) is 5.92 Å². The van der Waals surface area contributed by atoms with E-state index >= 15 is 0 Å². The average Bonchev–Trinajstić information content (AvgIpc) is 2.31. The van der Waals surface area contributed by atoms with Crippen LogP contribution in [-0.4, -0.2) is 12.5 Å². The maximum atomic E-state index is 11.7. The van der Waals surface area contributed by atoms with Crippen LogP contribution in [0.3, 0.4) is 0 Å². The molecule has 0 amide bonds. The molecule has 0 unspecified atom stereocenters. The molecule has 1 saturated carbocycles. The summed E-state index contributed by atoms with van der Waals surface area (Å²) in [5, 5.41) is 0. The Morgan fingerprint density at radius 2 is 2.40 bits per heavy atom. The highest BCUT2D eigenvalue weighted by molar-refractivity contribution is 5.82. The molecule has 2 heteroatoms. The Morgan fingerprint density at radius 3 is 2.90 bits per heavy atom. The van der Waals surface area contributed by atoms with E-state index in [4.69, 9.17) is 0 Å². The highest BCUT2D eigenvalue weighted by Crippen LogP contribution is 2.25. The maximum absolute atomic E-state index is 11.7. The van der Waals surface area contributed by atoms with E-state index in [1.165, 1.54) is 0 Å². The third-order valence-electron chi connectivity index (χ3n) is 2.12. The second-order valence-electron chi connectivity index (χ2n) is 2.89. The molecule has 1 fully saturated rings. The quantitative estimate of drug-likeness (QED) is 0.592. The van der Waals surface area contributed by atoms with Crippen molar-refractivity contribution in [3.05, 3.63) is 0 Å². The van der Waals surface area contributed by atoms with Crippen LogP contribution >= 0.6 is 0 Å². The standard InChI is InChI=1S/C8H13FO/c9-6-2-4-7-3-1-5-8(7)10/h7H,1-6H2/t7-/m1/s1. The van der Waals surface area contributed by atoms with Crippen molar-refractivity contribution in [2.24, 2.45) is 5.92 Å². The molecule has 1 rings (SSSR count). The second kappa shape index (κ2) is 3.69. The SMILES string of the molecule is O=C1CCC[C@@H]1CCCF. The fourth-order valence-corrected chi connectivity index (χ4v) is 1.52. The predicted molar refractivity (Wildman–Crippen MR) is 37.6 cm³/mol. The first-order valence-electron chi connectivity index (χ1n) is 3.93. The Labute approximate surface area is 60.6 Å². The fraction of sp³-hybridized carbons (Fsp3) is 0.875. The van der Waals surface area contributed by atoms with E-state index in [9.17, 15) is 9.18 Å². The van der Waals surface area contributed by atoms with Crippen LogP contribution in [0.1, 0.15) is 32.1 Å². The lowest BCUT2D eigenvalue weighted by Crippen LogP contribution is -2.05. The van der Waals surface area contributed by atoms with E-state index in [1.807, 2.05) is 0 Å². The molecule has 0 aromatic carbocycles. The number of Topliss-reactive ketones (excluding diaryl/α,β-unsaturated/α-hetero) is 1. The minimum absolute atomic E-state index is 0.204. The third kappa shape index (κ3) is 1.79. The first-order valence-corrected chi connectivity index (χ1v) is 3.93. The maximum Gasteiger partial charge on any atom is 0.135 e. The Balaban J connectivity index is 2.20. The van der Waals surface area contributed by atoms with Gasteiger partial charge in [0.1, 0.15) is 5.78 Å². The van der Waals surface area contributed by atoms with Crippen molar-refractivity contribution >= 4 is 5.78 Å². The second-order valence-corrected chi connectivity index (χ2v) is 2.89. The van der Waals surface area contributed by atoms with Crippen molar-refractivity contribution in [3.63, 3.8) is 0 Å². The zero-order valence-corrected chi connectivity index (χ0v) is 6.11. The predicted octanol–water partition coefficient (Wildman–Crippen LogP) is 2.11. The van der Waals surface area contributed by atoms with Gasteiger partial charge in [-0.15, -0.1) is 0 Å². The van der Waals surface area contributed by atoms with E-state index < -0.39 is 0 Å². The van der Waals surface area contributed by atoms with Gasteiger partial charge in [-0.25, -0.2) is 0 Å². The Bertz CT molecular complexity index is 122. The summed E-state index contributed by atoms with van der Waals surface area (Å²) in [5.41, 5.74) is 0. The average molecular weight is 144 g/mol. The first kappa shape index (κ1) is 7.70. The zero-order valence-electron chi connectivity index (χ0n) is 6.11. The molecule has 10 heavy (non-hydrogen) atoms. The van der Waals surface area contributed by atoms with Crippen molar-refractivity contribution < 1.29 is 9.18 Å². The number of halogens is 1. The van der Waals surface area contributed by atoms with E-state index in [1.54, 1.807) is 0 Å². The molecule has 0 bridgehead atoms. The molecule has 0 spiro atoms. The van der Waals surface area contributed by atoms with Gasteiger partial charge in [-0.3, -0.25) is 9.18 Å². The molecule has 0 aliphatic heterocycles. The lowest BCUT2D eigenvalue weighted by Gasteiger charge is -2.03. The van der Waals surface area contributed by atoms with E-state index in [0.717, 1.165) is 25.7 Å². The molecule has 0 radical (unpaired) electrons. The fourth-order valence-electron chi connectivity index (χ4n) is 1.52. The molecular weight excluding hydrogens is 131 g/mol. The highest BCUT2D eigenvalue weighted by Gasteiger charge is 2.23. The van der Waals surface area contributed by atoms with Crippen molar-refractivity contribution in [1.29, 1.82) is 0 Å². The van der Waals surface area contributed by atoms with Gasteiger partial charge in [0.15, 0.2) is 0 Å². The van der Waals surface area contributed by atoms with Gasteiger partial charge in [0.05, 0.1) is 6.67 Å². The highest BCUT2D eigenvalue weighted by atomic mass is 19.1. The van der Waals surface area contributed by atoms with Crippen molar-refractivity contribution in [3.8, 4) is 0 Å². The molecule has 1 aliphatic carbocycles. The number of alkyl halides is 1. The molecule has 58 valence electrons. The number of carbonyl (C=O) groups excluding carboxylic acids is 1. The summed E-state index contributed by atoms with van der Waals surface area (Å²) in [6, 6.07) is 0. The lowest BCUT2D eigenvalue weighted by molar-refractivity contribution is -0.120. The summed E-state index contributed by atoms with van der Waals surface area (Å²) in [6.07, 6.45) is 4.09. The molecule has 0 aromatic rings. The van der Waals surface area contributed by atoms with Gasteiger partial charge in [0.2, 0.25) is 0 Å². The topological polar surface area (TPSA) is 17.1 Å². The molecule has 0 aromatic heterocycles. The van der Waals surface area contributed by atoms with Gasteiger partial charge in [-0.2, -0.15) is 0 Å². The van der Waals surface area contributed by atoms with Gasteiger partial charge in [0, 0.05) is 12.3 Å². The first-order chi connectivity index (χ1) is 4.84. The van der Waals surface area contributed by atoms with Crippen LogP contribution in [0.5, 0.6) is 0 Å². The Morgan fingerprint density at radius 1 is 1.60 bits per heavy atom. The van der Waals surface area contributed by atoms with Gasteiger partial charge < -0.3 is 0 Å². The van der Waals surface area contributed by atoms with E-state index in [0.29, 0.717) is 12.2 Å². The van der Waals surface area contributed by atoms with Gasteiger partial charge in [-0.1, -0.05) is 0 Å². The van der Waals surface area contributed by atoms with Crippen LogP contribution < -0.4 is 0 Å². The summed E-state index contributed by atoms with van der Waals surface area (Å²) in [7, 11) is 0. The summed E-state index contributed by atoms with van der Waals surface area (Å²) in [4.78, 5) is 11.0. The van der Waals surface area contributed by atoms with Gasteiger partial charge >= 0.3 is 0 Å². The monoisotopic (exact) mass is 144 g/mol. The van der Waals surface area contributed by atoms with Crippen LogP contribution in [0.2, 0.25) is 0 Å². The molecule has 1 nitrogen and oxygen atoms in total. The molecular formula is C8H13FO. The van der Waals surface area contributed by atoms with Crippen LogP contribution in [0.15, 0.2) is 0 Å². The Kier molecular flexibility index (Phi) is 2.84. The molecule has 0 N–H and O–H groups in total. The molecule has 1 atom stereocenters. The number of rotatable bonds is 3. The summed E-state index contributed by atoms with van der Waals surface area (Å²) < 4.78 is 11.7. The molecule has 0 saturated heterocycles. The number of carbonyl (C=O) groups is 1. The minimum Gasteiger partial charge on any atom is -0.299 e. The zero-order chi connectivity index (χ0) is 7.40. The Hall–Kier alpha value is -0.400. The van der Waals surface area contributed by atoms with Crippen LogP contribution in [-0.2, 0) is 4.79 Å². The normalized spacial score (nSPS) is 25.7. The molecule has 1 aliphatic rings.